The third-order valence-electron chi connectivity index (χ3n) is 4.11. The Balaban J connectivity index is 1.72. The van der Waals surface area contributed by atoms with Crippen LogP contribution in [-0.4, -0.2) is 35.2 Å². The van der Waals surface area contributed by atoms with Gasteiger partial charge >= 0.3 is 0 Å². The molecule has 1 aliphatic rings. The van der Waals surface area contributed by atoms with Crippen LogP contribution in [0.3, 0.4) is 0 Å². The molecular weight excluding hydrogens is 308 g/mol. The molecular formula is C17H20N4O3. The molecule has 2 amide bonds. The molecule has 0 bridgehead atoms. The second-order valence-electron chi connectivity index (χ2n) is 5.89. The normalized spacial score (nSPS) is 17.2. The minimum Gasteiger partial charge on any atom is -0.497 e. The molecule has 7 heteroatoms. The van der Waals surface area contributed by atoms with Crippen molar-refractivity contribution < 1.29 is 14.3 Å². The van der Waals surface area contributed by atoms with Crippen molar-refractivity contribution in [1.29, 1.82) is 0 Å². The molecule has 3 rings (SSSR count). The van der Waals surface area contributed by atoms with E-state index in [9.17, 15) is 9.59 Å². The van der Waals surface area contributed by atoms with Gasteiger partial charge in [0.1, 0.15) is 11.6 Å². The monoisotopic (exact) mass is 328 g/mol. The van der Waals surface area contributed by atoms with Crippen LogP contribution in [0.15, 0.2) is 30.3 Å². The van der Waals surface area contributed by atoms with E-state index >= 15 is 0 Å². The number of carbonyl (C=O) groups excluding carboxylic acids is 2. The Morgan fingerprint density at radius 1 is 1.38 bits per heavy atom. The Bertz CT molecular complexity index is 784. The van der Waals surface area contributed by atoms with Crippen LogP contribution in [-0.2, 0) is 16.6 Å². The molecule has 1 aromatic heterocycles. The molecule has 24 heavy (non-hydrogen) atoms. The van der Waals surface area contributed by atoms with Crippen molar-refractivity contribution >= 4 is 23.3 Å². The van der Waals surface area contributed by atoms with Gasteiger partial charge in [-0.1, -0.05) is 6.07 Å². The number of nitrogens with zero attached hydrogens (tertiary/aromatic N) is 3. The van der Waals surface area contributed by atoms with Gasteiger partial charge in [0, 0.05) is 37.8 Å². The van der Waals surface area contributed by atoms with E-state index in [0.29, 0.717) is 18.1 Å². The summed E-state index contributed by atoms with van der Waals surface area (Å²) in [5.41, 5.74) is 1.57. The highest BCUT2D eigenvalue weighted by Crippen LogP contribution is 2.28. The number of hydrogen-bond donors (Lipinski definition) is 1. The Morgan fingerprint density at radius 3 is 2.83 bits per heavy atom. The number of aryl methyl sites for hydroxylation is 2. The predicted octanol–water partition coefficient (Wildman–Crippen LogP) is 1.73. The summed E-state index contributed by atoms with van der Waals surface area (Å²) in [4.78, 5) is 26.4. The first-order valence-corrected chi connectivity index (χ1v) is 7.74. The van der Waals surface area contributed by atoms with Crippen molar-refractivity contribution in [3.63, 3.8) is 0 Å². The van der Waals surface area contributed by atoms with Crippen LogP contribution in [0.4, 0.5) is 11.5 Å². The van der Waals surface area contributed by atoms with Gasteiger partial charge in [0.15, 0.2) is 0 Å². The Kier molecular flexibility index (Phi) is 4.24. The molecule has 2 heterocycles. The molecule has 0 aliphatic carbocycles. The quantitative estimate of drug-likeness (QED) is 0.927. The number of anilines is 2. The highest BCUT2D eigenvalue weighted by atomic mass is 16.5. The first-order chi connectivity index (χ1) is 11.5. The topological polar surface area (TPSA) is 76.5 Å². The summed E-state index contributed by atoms with van der Waals surface area (Å²) in [6.45, 7) is 2.22. The maximum absolute atomic E-state index is 12.5. The van der Waals surface area contributed by atoms with Crippen molar-refractivity contribution in [2.24, 2.45) is 13.0 Å². The number of amides is 2. The first kappa shape index (κ1) is 16.0. The van der Waals surface area contributed by atoms with Crippen molar-refractivity contribution in [2.75, 3.05) is 23.9 Å². The first-order valence-electron chi connectivity index (χ1n) is 7.74. The second kappa shape index (κ2) is 6.35. The number of rotatable bonds is 4. The number of methoxy groups -OCH3 is 1. The molecule has 1 aromatic carbocycles. The maximum Gasteiger partial charge on any atom is 0.230 e. The van der Waals surface area contributed by atoms with Gasteiger partial charge in [0.2, 0.25) is 11.8 Å². The van der Waals surface area contributed by atoms with Gasteiger partial charge in [-0.3, -0.25) is 14.3 Å². The molecule has 1 atom stereocenters. The van der Waals surface area contributed by atoms with Crippen LogP contribution in [0.25, 0.3) is 0 Å². The third-order valence-corrected chi connectivity index (χ3v) is 4.11. The number of aromatic nitrogens is 2. The average molecular weight is 328 g/mol. The minimum absolute atomic E-state index is 0.0652. The van der Waals surface area contributed by atoms with Crippen LogP contribution in [0.1, 0.15) is 12.1 Å². The summed E-state index contributed by atoms with van der Waals surface area (Å²) in [5, 5.41) is 7.04. The Labute approximate surface area is 140 Å². The van der Waals surface area contributed by atoms with Crippen LogP contribution in [0.2, 0.25) is 0 Å². The van der Waals surface area contributed by atoms with Crippen molar-refractivity contribution in [3.8, 4) is 5.75 Å². The highest BCUT2D eigenvalue weighted by molar-refractivity contribution is 6.03. The fourth-order valence-electron chi connectivity index (χ4n) is 2.87. The summed E-state index contributed by atoms with van der Waals surface area (Å²) in [6.07, 6.45) is 0.194. The Hall–Kier alpha value is -2.83. The van der Waals surface area contributed by atoms with Gasteiger partial charge in [0.05, 0.1) is 18.7 Å². The minimum atomic E-state index is -0.390. The fourth-order valence-corrected chi connectivity index (χ4v) is 2.87. The van der Waals surface area contributed by atoms with E-state index in [1.54, 1.807) is 35.9 Å². The van der Waals surface area contributed by atoms with E-state index in [-0.39, 0.29) is 24.2 Å². The lowest BCUT2D eigenvalue weighted by molar-refractivity contribution is -0.122. The van der Waals surface area contributed by atoms with Crippen LogP contribution >= 0.6 is 0 Å². The number of hydrogen-bond acceptors (Lipinski definition) is 4. The number of ether oxygens (including phenoxy) is 1. The van der Waals surface area contributed by atoms with E-state index in [2.05, 4.69) is 10.4 Å². The molecule has 0 radical (unpaired) electrons. The van der Waals surface area contributed by atoms with Crippen molar-refractivity contribution in [2.45, 2.75) is 13.3 Å². The largest absolute Gasteiger partial charge is 0.497 e. The highest BCUT2D eigenvalue weighted by Gasteiger charge is 2.35. The van der Waals surface area contributed by atoms with Crippen molar-refractivity contribution in [3.05, 3.63) is 36.0 Å². The van der Waals surface area contributed by atoms with Gasteiger partial charge in [0.25, 0.3) is 0 Å². The van der Waals surface area contributed by atoms with Gasteiger partial charge in [-0.05, 0) is 19.1 Å². The lowest BCUT2D eigenvalue weighted by atomic mass is 10.1. The van der Waals surface area contributed by atoms with E-state index in [1.807, 2.05) is 25.1 Å². The number of nitrogens with one attached hydrogen (secondary N) is 1. The Morgan fingerprint density at radius 2 is 2.17 bits per heavy atom. The molecule has 0 spiro atoms. The van der Waals surface area contributed by atoms with Crippen LogP contribution < -0.4 is 15.0 Å². The number of carbonyl (C=O) groups is 2. The van der Waals surface area contributed by atoms with E-state index in [1.165, 1.54) is 0 Å². The standard InChI is InChI=1S/C17H20N4O3/c1-11-7-15(20(2)19-11)18-17(23)12-8-16(22)21(10-12)13-5-4-6-14(9-13)24-3/h4-7,9,12H,8,10H2,1-3H3,(H,18,23). The fraction of sp³-hybridized carbons (Fsp3) is 0.353. The summed E-state index contributed by atoms with van der Waals surface area (Å²) < 4.78 is 6.81. The van der Waals surface area contributed by atoms with Gasteiger partial charge < -0.3 is 15.0 Å². The summed E-state index contributed by atoms with van der Waals surface area (Å²) in [5.74, 6) is 0.684. The molecule has 2 aromatic rings. The molecule has 0 saturated carbocycles. The average Bonchev–Trinajstić information content (AvgIpc) is 3.10. The molecule has 1 saturated heterocycles. The molecule has 126 valence electrons. The zero-order valence-electron chi connectivity index (χ0n) is 13.9. The van der Waals surface area contributed by atoms with Crippen LogP contribution in [0.5, 0.6) is 5.75 Å². The second-order valence-corrected chi connectivity index (χ2v) is 5.89. The van der Waals surface area contributed by atoms with Gasteiger partial charge in [-0.25, -0.2) is 0 Å². The van der Waals surface area contributed by atoms with Gasteiger partial charge in [-0.15, -0.1) is 0 Å². The molecule has 1 fully saturated rings. The van der Waals surface area contributed by atoms with E-state index in [4.69, 9.17) is 4.74 Å². The molecule has 1 N–H and O–H groups in total. The van der Waals surface area contributed by atoms with Crippen molar-refractivity contribution in [1.82, 2.24) is 9.78 Å². The molecule has 1 aliphatic heterocycles. The summed E-state index contributed by atoms with van der Waals surface area (Å²) in [6, 6.07) is 9.08. The van der Waals surface area contributed by atoms with E-state index in [0.717, 1.165) is 11.4 Å². The lowest BCUT2D eigenvalue weighted by Gasteiger charge is -2.17. The summed E-state index contributed by atoms with van der Waals surface area (Å²) >= 11 is 0. The van der Waals surface area contributed by atoms with Gasteiger partial charge in [-0.2, -0.15) is 5.10 Å². The molecule has 1 unspecified atom stereocenters. The van der Waals surface area contributed by atoms with E-state index < -0.39 is 0 Å². The summed E-state index contributed by atoms with van der Waals surface area (Å²) in [7, 11) is 3.35. The molecule has 7 nitrogen and oxygen atoms in total. The van der Waals surface area contributed by atoms with Crippen LogP contribution in [0, 0.1) is 12.8 Å². The zero-order valence-corrected chi connectivity index (χ0v) is 13.9. The lowest BCUT2D eigenvalue weighted by Crippen LogP contribution is -2.28. The smallest absolute Gasteiger partial charge is 0.230 e. The maximum atomic E-state index is 12.5. The predicted molar refractivity (Wildman–Crippen MR) is 90.0 cm³/mol. The number of benzene rings is 1. The SMILES string of the molecule is COc1cccc(N2CC(C(=O)Nc3cc(C)nn3C)CC2=O)c1. The zero-order chi connectivity index (χ0) is 17.3. The third kappa shape index (κ3) is 3.10.